The summed E-state index contributed by atoms with van der Waals surface area (Å²) in [4.78, 5) is 8.59. The molecule has 0 aliphatic carbocycles. The van der Waals surface area contributed by atoms with Gasteiger partial charge in [0.15, 0.2) is 5.82 Å². The Hall–Kier alpha value is -1.73. The minimum atomic E-state index is -0.573. The molecular weight excluding hydrogens is 329 g/mol. The summed E-state index contributed by atoms with van der Waals surface area (Å²) < 4.78 is 24.1. The van der Waals surface area contributed by atoms with Gasteiger partial charge in [-0.3, -0.25) is 0 Å². The highest BCUT2D eigenvalue weighted by molar-refractivity contribution is 7.99. The maximum atomic E-state index is 13.8. The predicted molar refractivity (Wildman–Crippen MR) is 86.3 cm³/mol. The van der Waals surface area contributed by atoms with Gasteiger partial charge in [-0.15, -0.1) is 11.8 Å². The summed E-state index contributed by atoms with van der Waals surface area (Å²) in [5.41, 5.74) is 6.37. The molecule has 1 atom stereocenters. The largest absolute Gasteiger partial charge is 0.481 e. The number of ether oxygens (including phenoxy) is 2. The molecule has 0 radical (unpaired) electrons. The lowest BCUT2D eigenvalue weighted by molar-refractivity contribution is 0.368. The van der Waals surface area contributed by atoms with E-state index >= 15 is 0 Å². The van der Waals surface area contributed by atoms with Crippen molar-refractivity contribution in [1.29, 1.82) is 0 Å². The zero-order valence-electron chi connectivity index (χ0n) is 12.3. The SMILES string of the molecule is COc1cc(OC)nc(C(SC)c2cc(Cl)cc(F)c2N)n1. The summed E-state index contributed by atoms with van der Waals surface area (Å²) in [5, 5.41) is -0.146. The molecule has 0 bridgehead atoms. The van der Waals surface area contributed by atoms with Crippen molar-refractivity contribution in [3.63, 3.8) is 0 Å². The molecule has 1 aromatic carbocycles. The maximum Gasteiger partial charge on any atom is 0.220 e. The fourth-order valence-corrected chi connectivity index (χ4v) is 2.92. The van der Waals surface area contributed by atoms with Gasteiger partial charge in [0, 0.05) is 10.6 Å². The average Bonchev–Trinajstić information content (AvgIpc) is 2.52. The number of halogens is 2. The van der Waals surface area contributed by atoms with Crippen molar-refractivity contribution in [3.05, 3.63) is 40.4 Å². The molecule has 2 N–H and O–H groups in total. The summed E-state index contributed by atoms with van der Waals surface area (Å²) in [5.74, 6) is 0.525. The van der Waals surface area contributed by atoms with Gasteiger partial charge >= 0.3 is 0 Å². The fraction of sp³-hybridized carbons (Fsp3) is 0.286. The van der Waals surface area contributed by atoms with Crippen molar-refractivity contribution in [2.24, 2.45) is 0 Å². The van der Waals surface area contributed by atoms with E-state index in [4.69, 9.17) is 26.8 Å². The van der Waals surface area contributed by atoms with Crippen molar-refractivity contribution in [2.75, 3.05) is 26.2 Å². The van der Waals surface area contributed by atoms with Gasteiger partial charge < -0.3 is 15.2 Å². The summed E-state index contributed by atoms with van der Waals surface area (Å²) >= 11 is 7.34. The smallest absolute Gasteiger partial charge is 0.220 e. The zero-order chi connectivity index (χ0) is 16.3. The van der Waals surface area contributed by atoms with Crippen molar-refractivity contribution >= 4 is 29.1 Å². The summed E-state index contributed by atoms with van der Waals surface area (Å²) in [6.07, 6.45) is 1.85. The molecule has 0 aliphatic rings. The van der Waals surface area contributed by atoms with Gasteiger partial charge in [-0.1, -0.05) is 11.6 Å². The van der Waals surface area contributed by atoms with Crippen LogP contribution in [0.2, 0.25) is 5.02 Å². The van der Waals surface area contributed by atoms with E-state index in [9.17, 15) is 4.39 Å². The molecule has 2 aromatic rings. The Morgan fingerprint density at radius 2 is 1.77 bits per heavy atom. The van der Waals surface area contributed by atoms with Gasteiger partial charge in [0.25, 0.3) is 0 Å². The molecule has 0 fully saturated rings. The Kier molecular flexibility index (Phi) is 5.31. The minimum absolute atomic E-state index is 0.0223. The average molecular weight is 344 g/mol. The van der Waals surface area contributed by atoms with Gasteiger partial charge in [-0.05, 0) is 18.4 Å². The third-order valence-electron chi connectivity index (χ3n) is 2.99. The topological polar surface area (TPSA) is 70.3 Å². The number of hydrogen-bond donors (Lipinski definition) is 1. The van der Waals surface area contributed by atoms with Crippen LogP contribution in [-0.2, 0) is 0 Å². The normalized spacial score (nSPS) is 12.0. The number of thioether (sulfide) groups is 1. The molecule has 0 saturated carbocycles. The predicted octanol–water partition coefficient (Wildman–Crippen LogP) is 3.32. The monoisotopic (exact) mass is 343 g/mol. The number of anilines is 1. The highest BCUT2D eigenvalue weighted by Crippen LogP contribution is 2.38. The lowest BCUT2D eigenvalue weighted by Gasteiger charge is -2.17. The summed E-state index contributed by atoms with van der Waals surface area (Å²) in [7, 11) is 2.99. The number of benzene rings is 1. The second-order valence-corrected chi connectivity index (χ2v) is 5.70. The van der Waals surface area contributed by atoms with E-state index in [-0.39, 0.29) is 10.7 Å². The first-order chi connectivity index (χ1) is 10.5. The van der Waals surface area contributed by atoms with E-state index in [1.54, 1.807) is 12.1 Å². The second kappa shape index (κ2) is 7.02. The quantitative estimate of drug-likeness (QED) is 0.840. The Morgan fingerprint density at radius 1 is 1.18 bits per heavy atom. The Balaban J connectivity index is 2.57. The lowest BCUT2D eigenvalue weighted by Crippen LogP contribution is -2.08. The third kappa shape index (κ3) is 3.36. The van der Waals surface area contributed by atoms with Crippen LogP contribution in [0.4, 0.5) is 10.1 Å². The van der Waals surface area contributed by atoms with Gasteiger partial charge in [-0.2, -0.15) is 9.97 Å². The van der Waals surface area contributed by atoms with Crippen LogP contribution in [0.3, 0.4) is 0 Å². The van der Waals surface area contributed by atoms with Crippen LogP contribution in [0.1, 0.15) is 16.6 Å². The van der Waals surface area contributed by atoms with E-state index in [1.165, 1.54) is 32.0 Å². The van der Waals surface area contributed by atoms with Gasteiger partial charge in [0.2, 0.25) is 11.8 Å². The summed E-state index contributed by atoms with van der Waals surface area (Å²) in [6, 6.07) is 4.34. The van der Waals surface area contributed by atoms with Crippen molar-refractivity contribution in [3.8, 4) is 11.8 Å². The Bertz CT molecular complexity index is 665. The van der Waals surface area contributed by atoms with Crippen molar-refractivity contribution in [1.82, 2.24) is 9.97 Å². The molecule has 0 aliphatic heterocycles. The van der Waals surface area contributed by atoms with Crippen LogP contribution in [0.15, 0.2) is 18.2 Å². The standard InChI is InChI=1S/C14H15ClFN3O2S/c1-20-10-6-11(21-2)19-14(18-10)13(22-3)8-4-7(15)5-9(16)12(8)17/h4-6,13H,17H2,1-3H3. The van der Waals surface area contributed by atoms with Crippen molar-refractivity contribution < 1.29 is 13.9 Å². The highest BCUT2D eigenvalue weighted by Gasteiger charge is 2.23. The van der Waals surface area contributed by atoms with E-state index in [0.29, 0.717) is 23.1 Å². The number of nitrogens with two attached hydrogens (primary N) is 1. The van der Waals surface area contributed by atoms with Crippen LogP contribution in [-0.4, -0.2) is 30.4 Å². The lowest BCUT2D eigenvalue weighted by atomic mass is 10.1. The molecule has 8 heteroatoms. The molecule has 1 unspecified atom stereocenters. The highest BCUT2D eigenvalue weighted by atomic mass is 35.5. The molecule has 0 spiro atoms. The molecule has 2 rings (SSSR count). The molecule has 118 valence electrons. The fourth-order valence-electron chi connectivity index (χ4n) is 1.94. The minimum Gasteiger partial charge on any atom is -0.481 e. The van der Waals surface area contributed by atoms with Crippen molar-refractivity contribution in [2.45, 2.75) is 5.25 Å². The van der Waals surface area contributed by atoms with E-state index in [1.807, 2.05) is 6.26 Å². The number of methoxy groups -OCH3 is 2. The number of rotatable bonds is 5. The third-order valence-corrected chi connectivity index (χ3v) is 4.15. The Labute approximate surface area is 137 Å². The maximum absolute atomic E-state index is 13.8. The number of nitrogen functional groups attached to an aromatic ring is 1. The van der Waals surface area contributed by atoms with E-state index < -0.39 is 11.1 Å². The zero-order valence-corrected chi connectivity index (χ0v) is 13.8. The number of nitrogens with zero attached hydrogens (tertiary/aromatic N) is 2. The van der Waals surface area contributed by atoms with Crippen LogP contribution in [0.25, 0.3) is 0 Å². The van der Waals surface area contributed by atoms with Crippen LogP contribution < -0.4 is 15.2 Å². The van der Waals surface area contributed by atoms with Crippen LogP contribution in [0.5, 0.6) is 11.8 Å². The second-order valence-electron chi connectivity index (χ2n) is 4.32. The molecule has 5 nitrogen and oxygen atoms in total. The molecule has 1 heterocycles. The summed E-state index contributed by atoms with van der Waals surface area (Å²) in [6.45, 7) is 0. The molecule has 22 heavy (non-hydrogen) atoms. The van der Waals surface area contributed by atoms with Crippen LogP contribution >= 0.6 is 23.4 Å². The first-order valence-electron chi connectivity index (χ1n) is 6.24. The van der Waals surface area contributed by atoms with Gasteiger partial charge in [-0.25, -0.2) is 4.39 Å². The molecule has 0 amide bonds. The first-order valence-corrected chi connectivity index (χ1v) is 7.91. The van der Waals surface area contributed by atoms with E-state index in [0.717, 1.165) is 0 Å². The molecule has 1 aromatic heterocycles. The Morgan fingerprint density at radius 3 is 2.27 bits per heavy atom. The molecule has 0 saturated heterocycles. The number of aromatic nitrogens is 2. The first kappa shape index (κ1) is 16.6. The van der Waals surface area contributed by atoms with Gasteiger partial charge in [0.1, 0.15) is 5.82 Å². The van der Waals surface area contributed by atoms with E-state index in [2.05, 4.69) is 9.97 Å². The van der Waals surface area contributed by atoms with Gasteiger partial charge in [0.05, 0.1) is 31.2 Å². The van der Waals surface area contributed by atoms with Crippen LogP contribution in [0, 0.1) is 5.82 Å². The molecular formula is C14H15ClFN3O2S. The number of hydrogen-bond acceptors (Lipinski definition) is 6.